The van der Waals surface area contributed by atoms with Crippen molar-refractivity contribution in [3.05, 3.63) is 98.7 Å². The van der Waals surface area contributed by atoms with Crippen LogP contribution in [0.15, 0.2) is 64.8 Å². The number of carbonyl (C=O) groups excluding carboxylic acids is 2. The molecule has 0 saturated carbocycles. The molecule has 5 nitrogen and oxygen atoms in total. The summed E-state index contributed by atoms with van der Waals surface area (Å²) in [6, 6.07) is 11.1. The van der Waals surface area contributed by atoms with Gasteiger partial charge in [0.2, 0.25) is 0 Å². The lowest BCUT2D eigenvalue weighted by atomic mass is 9.95. The van der Waals surface area contributed by atoms with Crippen LogP contribution in [-0.2, 0) is 16.1 Å². The van der Waals surface area contributed by atoms with Gasteiger partial charge in [0, 0.05) is 5.56 Å². The van der Waals surface area contributed by atoms with Crippen molar-refractivity contribution >= 4 is 40.7 Å². The number of benzene rings is 2. The first-order valence-electron chi connectivity index (χ1n) is 9.30. The molecule has 1 amide bonds. The lowest BCUT2D eigenvalue weighted by Gasteiger charge is -2.24. The first-order chi connectivity index (χ1) is 14.8. The van der Waals surface area contributed by atoms with Crippen LogP contribution in [-0.4, -0.2) is 21.7 Å². The molecule has 0 aliphatic carbocycles. The molecule has 3 aromatic rings. The van der Waals surface area contributed by atoms with Crippen LogP contribution in [0.25, 0.3) is 5.76 Å². The number of aliphatic hydroxyl groups excluding tert-OH is 1. The molecule has 8 heteroatoms. The highest BCUT2D eigenvalue weighted by atomic mass is 35.5. The molecule has 1 fully saturated rings. The number of nitrogens with zero attached hydrogens (tertiary/aromatic N) is 1. The Morgan fingerprint density at radius 1 is 1.13 bits per heavy atom. The van der Waals surface area contributed by atoms with Gasteiger partial charge in [0.25, 0.3) is 11.7 Å². The standard InChI is InChI=1S/C23H16Cl2FNO4/c1-12-4-5-14(10-18(12)26)21(28)19-20(13-6-7-16(24)17(25)9-13)27(23(30)22(19)29)11-15-3-2-8-31-15/h2-10,20,28H,11H2,1H3. The third-order valence-corrected chi connectivity index (χ3v) is 5.89. The van der Waals surface area contributed by atoms with E-state index in [9.17, 15) is 19.1 Å². The predicted molar refractivity (Wildman–Crippen MR) is 114 cm³/mol. The van der Waals surface area contributed by atoms with Crippen molar-refractivity contribution in [2.75, 3.05) is 0 Å². The molecule has 0 radical (unpaired) electrons. The number of carbonyl (C=O) groups is 2. The minimum atomic E-state index is -0.968. The van der Waals surface area contributed by atoms with Crippen LogP contribution in [0.4, 0.5) is 4.39 Å². The SMILES string of the molecule is Cc1ccc(C(O)=C2C(=O)C(=O)N(Cc3ccco3)C2c2ccc(Cl)c(Cl)c2)cc1F. The molecule has 1 N–H and O–H groups in total. The van der Waals surface area contributed by atoms with E-state index >= 15 is 0 Å². The number of Topliss-reactive ketones (excluding diaryl/α,β-unsaturated/α-hetero) is 1. The monoisotopic (exact) mass is 459 g/mol. The van der Waals surface area contributed by atoms with E-state index in [1.54, 1.807) is 25.1 Å². The van der Waals surface area contributed by atoms with Crippen molar-refractivity contribution in [1.82, 2.24) is 4.90 Å². The van der Waals surface area contributed by atoms with Gasteiger partial charge in [-0.25, -0.2) is 4.39 Å². The summed E-state index contributed by atoms with van der Waals surface area (Å²) in [6.07, 6.45) is 1.45. The van der Waals surface area contributed by atoms with Gasteiger partial charge in [0.1, 0.15) is 17.3 Å². The third kappa shape index (κ3) is 3.84. The smallest absolute Gasteiger partial charge is 0.296 e. The summed E-state index contributed by atoms with van der Waals surface area (Å²) in [5.74, 6) is -2.27. The van der Waals surface area contributed by atoms with Crippen LogP contribution in [0.1, 0.15) is 28.5 Å². The topological polar surface area (TPSA) is 70.8 Å². The maximum absolute atomic E-state index is 14.1. The molecule has 158 valence electrons. The molecule has 2 heterocycles. The molecule has 1 atom stereocenters. The number of ketones is 1. The minimum Gasteiger partial charge on any atom is -0.507 e. The van der Waals surface area contributed by atoms with E-state index in [1.807, 2.05) is 0 Å². The van der Waals surface area contributed by atoms with Crippen LogP contribution >= 0.6 is 23.2 Å². The summed E-state index contributed by atoms with van der Waals surface area (Å²) in [7, 11) is 0. The highest BCUT2D eigenvalue weighted by molar-refractivity contribution is 6.46. The molecule has 1 aliphatic heterocycles. The number of hydrogen-bond acceptors (Lipinski definition) is 4. The molecule has 4 rings (SSSR count). The number of amides is 1. The van der Waals surface area contributed by atoms with E-state index in [0.717, 1.165) is 6.07 Å². The van der Waals surface area contributed by atoms with E-state index in [0.29, 0.717) is 21.9 Å². The Morgan fingerprint density at radius 2 is 1.90 bits per heavy atom. The fraction of sp³-hybridized carbons (Fsp3) is 0.130. The van der Waals surface area contributed by atoms with Crippen LogP contribution in [0.5, 0.6) is 0 Å². The number of hydrogen-bond donors (Lipinski definition) is 1. The van der Waals surface area contributed by atoms with E-state index in [4.69, 9.17) is 27.6 Å². The molecule has 31 heavy (non-hydrogen) atoms. The van der Waals surface area contributed by atoms with E-state index in [-0.39, 0.29) is 22.7 Å². The average Bonchev–Trinajstić information content (AvgIpc) is 3.34. The molecule has 1 unspecified atom stereocenters. The maximum Gasteiger partial charge on any atom is 0.296 e. The minimum absolute atomic E-state index is 0.0124. The lowest BCUT2D eigenvalue weighted by molar-refractivity contribution is -0.140. The number of likely N-dealkylation sites (tertiary alicyclic amines) is 1. The van der Waals surface area contributed by atoms with Gasteiger partial charge in [-0.2, -0.15) is 0 Å². The van der Waals surface area contributed by atoms with Gasteiger partial charge >= 0.3 is 0 Å². The van der Waals surface area contributed by atoms with Crippen LogP contribution < -0.4 is 0 Å². The molecule has 2 aromatic carbocycles. The van der Waals surface area contributed by atoms with Crippen LogP contribution in [0, 0.1) is 12.7 Å². The van der Waals surface area contributed by atoms with Crippen molar-refractivity contribution < 1.29 is 23.5 Å². The zero-order valence-corrected chi connectivity index (χ0v) is 17.7. The van der Waals surface area contributed by atoms with E-state index in [2.05, 4.69) is 0 Å². The summed E-state index contributed by atoms with van der Waals surface area (Å²) >= 11 is 12.2. The second-order valence-corrected chi connectivity index (χ2v) is 7.96. The molecule has 0 spiro atoms. The molecule has 0 bridgehead atoms. The molecule has 1 aliphatic rings. The zero-order chi connectivity index (χ0) is 22.3. The summed E-state index contributed by atoms with van der Waals surface area (Å²) < 4.78 is 19.4. The highest BCUT2D eigenvalue weighted by Gasteiger charge is 2.46. The van der Waals surface area contributed by atoms with Gasteiger partial charge in [-0.15, -0.1) is 0 Å². The van der Waals surface area contributed by atoms with Crippen molar-refractivity contribution in [1.29, 1.82) is 0 Å². The lowest BCUT2D eigenvalue weighted by Crippen LogP contribution is -2.29. The number of furan rings is 1. The summed E-state index contributed by atoms with van der Waals surface area (Å²) in [4.78, 5) is 27.1. The van der Waals surface area contributed by atoms with Gasteiger partial charge in [-0.05, 0) is 48.4 Å². The van der Waals surface area contributed by atoms with Gasteiger partial charge in [-0.1, -0.05) is 41.4 Å². The average molecular weight is 460 g/mol. The summed E-state index contributed by atoms with van der Waals surface area (Å²) in [5.41, 5.74) is 0.771. The van der Waals surface area contributed by atoms with Crippen molar-refractivity contribution in [3.8, 4) is 0 Å². The fourth-order valence-corrected chi connectivity index (χ4v) is 3.84. The number of halogens is 3. The first-order valence-corrected chi connectivity index (χ1v) is 10.1. The summed E-state index contributed by atoms with van der Waals surface area (Å²) in [5, 5.41) is 11.5. The number of aliphatic hydroxyl groups is 1. The Kier molecular flexibility index (Phi) is 5.60. The molecular weight excluding hydrogens is 444 g/mol. The predicted octanol–water partition coefficient (Wildman–Crippen LogP) is 5.66. The highest BCUT2D eigenvalue weighted by Crippen LogP contribution is 2.41. The third-order valence-electron chi connectivity index (χ3n) is 5.15. The maximum atomic E-state index is 14.1. The first kappa shape index (κ1) is 21.2. The molecule has 1 aromatic heterocycles. The summed E-state index contributed by atoms with van der Waals surface area (Å²) in [6.45, 7) is 1.57. The van der Waals surface area contributed by atoms with Crippen molar-refractivity contribution in [2.45, 2.75) is 19.5 Å². The van der Waals surface area contributed by atoms with Crippen molar-refractivity contribution in [2.24, 2.45) is 0 Å². The van der Waals surface area contributed by atoms with Crippen molar-refractivity contribution in [3.63, 3.8) is 0 Å². The van der Waals surface area contributed by atoms with Gasteiger partial charge in [-0.3, -0.25) is 9.59 Å². The van der Waals surface area contributed by atoms with E-state index < -0.39 is 29.3 Å². The Balaban J connectivity index is 1.90. The second kappa shape index (κ2) is 8.21. The van der Waals surface area contributed by atoms with Gasteiger partial charge in [0.05, 0.1) is 34.5 Å². The largest absolute Gasteiger partial charge is 0.507 e. The van der Waals surface area contributed by atoms with Gasteiger partial charge < -0.3 is 14.4 Å². The van der Waals surface area contributed by atoms with Crippen LogP contribution in [0.2, 0.25) is 10.0 Å². The van der Waals surface area contributed by atoms with E-state index in [1.165, 1.54) is 35.4 Å². The second-order valence-electron chi connectivity index (χ2n) is 7.14. The fourth-order valence-electron chi connectivity index (χ4n) is 3.54. The normalized spacial score (nSPS) is 18.1. The Labute approximate surface area is 187 Å². The Morgan fingerprint density at radius 3 is 2.55 bits per heavy atom. The quantitative estimate of drug-likeness (QED) is 0.310. The Bertz CT molecular complexity index is 1220. The molecule has 1 saturated heterocycles. The van der Waals surface area contributed by atoms with Crippen LogP contribution in [0.3, 0.4) is 0 Å². The molecular formula is C23H16Cl2FNO4. The Hall–Kier alpha value is -3.09. The number of aryl methyl sites for hydroxylation is 1. The number of rotatable bonds is 4. The van der Waals surface area contributed by atoms with Gasteiger partial charge in [0.15, 0.2) is 0 Å². The zero-order valence-electron chi connectivity index (χ0n) is 16.2.